The molecule has 1 heteroatoms. The molecule has 0 unspecified atom stereocenters. The molecule has 0 heterocycles. The fourth-order valence-electron chi connectivity index (χ4n) is 7.42. The number of hydrogen-bond donors (Lipinski definition) is 0. The largest absolute Gasteiger partial charge is 0.207 e. The van der Waals surface area contributed by atoms with Crippen LogP contribution in [0.15, 0.2) is 66.7 Å². The van der Waals surface area contributed by atoms with Gasteiger partial charge in [0.1, 0.15) is 0 Å². The summed E-state index contributed by atoms with van der Waals surface area (Å²) in [5.74, 6) is 0. The summed E-state index contributed by atoms with van der Waals surface area (Å²) >= 11 is 1.54. The summed E-state index contributed by atoms with van der Waals surface area (Å²) in [7, 11) is 0. The molecule has 0 saturated heterocycles. The molecule has 46 heavy (non-hydrogen) atoms. The third-order valence-corrected chi connectivity index (χ3v) is 11.7. The van der Waals surface area contributed by atoms with E-state index in [4.69, 9.17) is 0 Å². The topological polar surface area (TPSA) is 0 Å². The minimum absolute atomic E-state index is 0.163. The van der Waals surface area contributed by atoms with Crippen LogP contribution in [0.1, 0.15) is 144 Å². The van der Waals surface area contributed by atoms with E-state index in [2.05, 4.69) is 149 Å². The van der Waals surface area contributed by atoms with Crippen molar-refractivity contribution in [3.8, 4) is 11.1 Å². The van der Waals surface area contributed by atoms with E-state index in [1.54, 1.807) is 8.77 Å². The summed E-state index contributed by atoms with van der Waals surface area (Å²) in [6, 6.07) is 28.5. The van der Waals surface area contributed by atoms with Crippen LogP contribution in [0, 0.1) is 26.8 Å². The Bertz CT molecular complexity index is 1560. The summed E-state index contributed by atoms with van der Waals surface area (Å²) in [6.45, 7) is 25.1. The van der Waals surface area contributed by atoms with Crippen molar-refractivity contribution in [1.82, 2.24) is 0 Å². The van der Waals surface area contributed by atoms with Crippen LogP contribution in [0.3, 0.4) is 0 Å². The van der Waals surface area contributed by atoms with Crippen LogP contribution in [0.4, 0.5) is 0 Å². The van der Waals surface area contributed by atoms with Gasteiger partial charge in [-0.1, -0.05) is 123 Å². The van der Waals surface area contributed by atoms with Crippen molar-refractivity contribution in [2.75, 3.05) is 0 Å². The van der Waals surface area contributed by atoms with Crippen LogP contribution >= 0.6 is 0 Å². The Hall–Kier alpha value is -2.24. The molecule has 0 aromatic heterocycles. The second-order valence-electron chi connectivity index (χ2n) is 16.2. The van der Waals surface area contributed by atoms with Crippen molar-refractivity contribution in [2.24, 2.45) is 0 Å². The third-order valence-electron chi connectivity index (χ3n) is 10.1. The normalized spacial score (nSPS) is 15.2. The molecule has 2 aliphatic carbocycles. The van der Waals surface area contributed by atoms with Crippen LogP contribution in [0.5, 0.6) is 0 Å². The molecule has 0 amide bonds. The fraction of sp³-hybridized carbons (Fsp3) is 0.467. The van der Waals surface area contributed by atoms with Gasteiger partial charge in [-0.3, -0.25) is 0 Å². The van der Waals surface area contributed by atoms with E-state index >= 15 is 0 Å². The van der Waals surface area contributed by atoms with Gasteiger partial charge in [0.15, 0.2) is 0 Å². The van der Waals surface area contributed by atoms with E-state index in [1.165, 1.54) is 118 Å². The molecule has 0 spiro atoms. The summed E-state index contributed by atoms with van der Waals surface area (Å²) in [6.07, 6.45) is 9.26. The van der Waals surface area contributed by atoms with Crippen molar-refractivity contribution < 1.29 is 24.2 Å². The molecule has 6 rings (SSSR count). The quantitative estimate of drug-likeness (QED) is 0.165. The summed E-state index contributed by atoms with van der Waals surface area (Å²) < 4.78 is 1.55. The Labute approximate surface area is 297 Å². The van der Waals surface area contributed by atoms with Crippen LogP contribution in [0.25, 0.3) is 11.1 Å². The number of rotatable bonds is 3. The molecule has 4 aromatic rings. The average molecular weight is 690 g/mol. The number of benzene rings is 3. The van der Waals surface area contributed by atoms with Gasteiger partial charge in [0.25, 0.3) is 0 Å². The minimum atomic E-state index is 0.163. The molecule has 242 valence electrons. The predicted octanol–water partition coefficient (Wildman–Crippen LogP) is 12.4. The first-order chi connectivity index (χ1) is 21.5. The second kappa shape index (κ2) is 14.9. The third kappa shape index (κ3) is 8.81. The van der Waals surface area contributed by atoms with Gasteiger partial charge in [-0.05, 0) is 35.4 Å². The first kappa shape index (κ1) is 36.6. The SMILES string of the molecule is CC[C](=[Zr+2])c1ccccc1.Cc1[c-]c2c(cc1C(C)(C)C)-c1cc(C(C)(C)C)c(C)cc1C2.Cc1cc(C2(C)CCCCC2)c[cH-]1. The van der Waals surface area contributed by atoms with E-state index < -0.39 is 0 Å². The van der Waals surface area contributed by atoms with E-state index in [-0.39, 0.29) is 10.8 Å². The van der Waals surface area contributed by atoms with Gasteiger partial charge >= 0.3 is 76.7 Å². The average Bonchev–Trinajstić information content (AvgIpc) is 3.59. The zero-order valence-electron chi connectivity index (χ0n) is 30.8. The maximum absolute atomic E-state index is 3.69. The maximum Gasteiger partial charge on any atom is -0.0129 e. The number of hydrogen-bond acceptors (Lipinski definition) is 0. The van der Waals surface area contributed by atoms with Crippen molar-refractivity contribution in [1.29, 1.82) is 0 Å². The zero-order chi connectivity index (χ0) is 33.9. The van der Waals surface area contributed by atoms with Crippen LogP contribution < -0.4 is 0 Å². The van der Waals surface area contributed by atoms with Crippen molar-refractivity contribution >= 4 is 3.21 Å². The number of fused-ring (bicyclic) bond motifs is 3. The van der Waals surface area contributed by atoms with Crippen LogP contribution in [0.2, 0.25) is 0 Å². The van der Waals surface area contributed by atoms with Crippen molar-refractivity contribution in [2.45, 2.75) is 137 Å². The standard InChI is InChI=1S/C23H29.C13H19.C9H10.Zr/c1-14-9-16-11-17-10-15(2)21(23(6,7)8)13-19(17)18(16)12-20(14)22(3,4)5;1-11-6-7-12(10-11)13(2)8-4-3-5-9-13;1-2-6-9-7-4-3-5-8-9;/h9,12-13H,11H2,1-8H3;6-7,10H,3-5,8-9H2,1-2H3;3-5,7-8H,2H2,1H3;/q2*-1;;+2. The molecule has 0 radical (unpaired) electrons. The van der Waals surface area contributed by atoms with Gasteiger partial charge in [0.05, 0.1) is 0 Å². The molecule has 4 aromatic carbocycles. The molecule has 0 bridgehead atoms. The summed E-state index contributed by atoms with van der Waals surface area (Å²) in [5.41, 5.74) is 16.5. The zero-order valence-corrected chi connectivity index (χ0v) is 33.3. The molecular formula is C45H58Zr. The Morgan fingerprint density at radius 2 is 1.43 bits per heavy atom. The van der Waals surface area contributed by atoms with Gasteiger partial charge in [0.2, 0.25) is 0 Å². The minimum Gasteiger partial charge on any atom is -0.207 e. The van der Waals surface area contributed by atoms with Gasteiger partial charge < -0.3 is 0 Å². The molecule has 2 aliphatic rings. The molecular weight excluding hydrogens is 632 g/mol. The molecule has 0 atom stereocenters. The molecule has 1 fully saturated rings. The Balaban J connectivity index is 0.000000175. The van der Waals surface area contributed by atoms with Crippen molar-refractivity contribution in [3.05, 3.63) is 123 Å². The summed E-state index contributed by atoms with van der Waals surface area (Å²) in [4.78, 5) is 0. The smallest absolute Gasteiger partial charge is 0.0129 e. The molecule has 0 nitrogen and oxygen atoms in total. The van der Waals surface area contributed by atoms with Crippen LogP contribution in [-0.2, 0) is 46.9 Å². The predicted molar refractivity (Wildman–Crippen MR) is 198 cm³/mol. The molecule has 0 aliphatic heterocycles. The second-order valence-corrected chi connectivity index (χ2v) is 17.7. The molecule has 1 saturated carbocycles. The van der Waals surface area contributed by atoms with Gasteiger partial charge in [0, 0.05) is 0 Å². The van der Waals surface area contributed by atoms with Gasteiger partial charge in [-0.15, -0.1) is 16.7 Å². The van der Waals surface area contributed by atoms with E-state index in [0.29, 0.717) is 5.41 Å². The Kier molecular flexibility index (Phi) is 11.9. The van der Waals surface area contributed by atoms with Crippen molar-refractivity contribution in [3.63, 3.8) is 0 Å². The molecule has 0 N–H and O–H groups in total. The maximum atomic E-state index is 3.69. The Morgan fingerprint density at radius 3 is 1.98 bits per heavy atom. The number of aryl methyl sites for hydroxylation is 3. The van der Waals surface area contributed by atoms with Crippen LogP contribution in [-0.4, -0.2) is 3.21 Å². The van der Waals surface area contributed by atoms with Gasteiger partial charge in [-0.25, -0.2) is 6.07 Å². The first-order valence-electron chi connectivity index (χ1n) is 17.6. The monoisotopic (exact) mass is 688 g/mol. The van der Waals surface area contributed by atoms with E-state index in [1.807, 2.05) is 0 Å². The van der Waals surface area contributed by atoms with E-state index in [9.17, 15) is 0 Å². The van der Waals surface area contributed by atoms with Gasteiger partial charge in [-0.2, -0.15) is 41.0 Å². The van der Waals surface area contributed by atoms with E-state index in [0.717, 1.165) is 6.42 Å². The Morgan fingerprint density at radius 1 is 0.826 bits per heavy atom. The fourth-order valence-corrected chi connectivity index (χ4v) is 7.83. The summed E-state index contributed by atoms with van der Waals surface area (Å²) in [5, 5.41) is 0. The first-order valence-corrected chi connectivity index (χ1v) is 18.8.